The summed E-state index contributed by atoms with van der Waals surface area (Å²) < 4.78 is 0. The van der Waals surface area contributed by atoms with Crippen LogP contribution in [0.3, 0.4) is 0 Å². The van der Waals surface area contributed by atoms with Gasteiger partial charge in [-0.2, -0.15) is 0 Å². The molecule has 0 saturated heterocycles. The van der Waals surface area contributed by atoms with Gasteiger partial charge >= 0.3 is 5.97 Å². The Kier molecular flexibility index (Phi) is 5.72. The van der Waals surface area contributed by atoms with Gasteiger partial charge in [-0.15, -0.1) is 11.3 Å². The molecule has 1 unspecified atom stereocenters. The Morgan fingerprint density at radius 2 is 2.04 bits per heavy atom. The van der Waals surface area contributed by atoms with Crippen LogP contribution in [0, 0.1) is 6.92 Å². The topological polar surface area (TPSA) is 79.3 Å². The van der Waals surface area contributed by atoms with Crippen LogP contribution < -0.4 is 5.32 Å². The summed E-state index contributed by atoms with van der Waals surface area (Å²) in [5.41, 5.74) is 1.37. The minimum absolute atomic E-state index is 0.104. The maximum absolute atomic E-state index is 12.4. The number of aromatic nitrogens is 1. The maximum atomic E-state index is 12.4. The minimum Gasteiger partial charge on any atom is -0.478 e. The number of hydrogen-bond donors (Lipinski definition) is 2. The van der Waals surface area contributed by atoms with Crippen LogP contribution in [0.4, 0.5) is 0 Å². The normalized spacial score (nSPS) is 13.3. The number of nitrogens with zero attached hydrogens (tertiary/aromatic N) is 1. The quantitative estimate of drug-likeness (QED) is 0.804. The molecule has 5 nitrogen and oxygen atoms in total. The van der Waals surface area contributed by atoms with Crippen LogP contribution in [-0.4, -0.2) is 22.0 Å². The lowest BCUT2D eigenvalue weighted by molar-refractivity contribution is -0.123. The van der Waals surface area contributed by atoms with Crippen molar-refractivity contribution >= 4 is 23.2 Å². The molecular weight excluding hydrogens is 324 g/mol. The van der Waals surface area contributed by atoms with E-state index in [-0.39, 0.29) is 17.9 Å². The van der Waals surface area contributed by atoms with E-state index in [1.54, 1.807) is 35.6 Å². The van der Waals surface area contributed by atoms with E-state index < -0.39 is 11.5 Å². The number of nitrogens with one attached hydrogen (secondary N) is 1. The molecule has 0 bridgehead atoms. The molecule has 0 radical (unpaired) electrons. The second kappa shape index (κ2) is 7.57. The van der Waals surface area contributed by atoms with Crippen LogP contribution in [0.15, 0.2) is 29.6 Å². The molecule has 0 aliphatic heterocycles. The fraction of sp³-hybridized carbons (Fsp3) is 0.389. The molecule has 128 valence electrons. The van der Waals surface area contributed by atoms with Gasteiger partial charge in [-0.1, -0.05) is 25.1 Å². The van der Waals surface area contributed by atoms with Crippen LogP contribution in [0.5, 0.6) is 0 Å². The number of carboxylic acid groups (broad SMARTS) is 1. The first kappa shape index (κ1) is 18.1. The van der Waals surface area contributed by atoms with Crippen LogP contribution in [-0.2, 0) is 16.8 Å². The number of benzene rings is 1. The van der Waals surface area contributed by atoms with E-state index in [9.17, 15) is 14.7 Å². The lowest BCUT2D eigenvalue weighted by Gasteiger charge is -2.27. The van der Waals surface area contributed by atoms with Crippen molar-refractivity contribution in [3.05, 3.63) is 51.5 Å². The third kappa shape index (κ3) is 4.20. The zero-order chi connectivity index (χ0) is 17.7. The summed E-state index contributed by atoms with van der Waals surface area (Å²) in [6.07, 6.45) is 1.37. The smallest absolute Gasteiger partial charge is 0.335 e. The van der Waals surface area contributed by atoms with E-state index in [0.717, 1.165) is 17.1 Å². The summed E-state index contributed by atoms with van der Waals surface area (Å²) in [5, 5.41) is 15.1. The Hall–Kier alpha value is -2.21. The molecule has 24 heavy (non-hydrogen) atoms. The fourth-order valence-electron chi connectivity index (χ4n) is 2.47. The summed E-state index contributed by atoms with van der Waals surface area (Å²) in [5.74, 6) is -1.07. The first-order valence-corrected chi connectivity index (χ1v) is 8.78. The standard InChI is InChI=1S/C18H22N2O3S/c1-4-18(3,17-19-12(2)11-24-17)20-15(21)10-9-13-7-5-6-8-14(13)16(22)23/h5-8,11H,4,9-10H2,1-3H3,(H,20,21)(H,22,23). The van der Waals surface area contributed by atoms with Gasteiger partial charge in [0.1, 0.15) is 5.01 Å². The molecule has 0 saturated carbocycles. The Morgan fingerprint density at radius 3 is 2.62 bits per heavy atom. The predicted molar refractivity (Wildman–Crippen MR) is 94.4 cm³/mol. The van der Waals surface area contributed by atoms with Crippen LogP contribution in [0.25, 0.3) is 0 Å². The molecule has 6 heteroatoms. The lowest BCUT2D eigenvalue weighted by Crippen LogP contribution is -2.43. The van der Waals surface area contributed by atoms with Crippen molar-refractivity contribution in [2.75, 3.05) is 0 Å². The molecule has 2 rings (SSSR count). The molecule has 2 N–H and O–H groups in total. The number of amides is 1. The van der Waals surface area contributed by atoms with Gasteiger partial charge in [0.25, 0.3) is 0 Å². The van der Waals surface area contributed by atoms with Crippen LogP contribution in [0.1, 0.15) is 53.3 Å². The maximum Gasteiger partial charge on any atom is 0.335 e. The molecular formula is C18H22N2O3S. The number of carbonyl (C=O) groups is 2. The van der Waals surface area contributed by atoms with Gasteiger partial charge in [0.2, 0.25) is 5.91 Å². The average molecular weight is 346 g/mol. The van der Waals surface area contributed by atoms with E-state index in [4.69, 9.17) is 0 Å². The predicted octanol–water partition coefficient (Wildman–Crippen LogP) is 3.52. The summed E-state index contributed by atoms with van der Waals surface area (Å²) in [4.78, 5) is 28.1. The van der Waals surface area contributed by atoms with E-state index in [1.807, 2.05) is 26.2 Å². The van der Waals surface area contributed by atoms with Crippen molar-refractivity contribution in [3.8, 4) is 0 Å². The zero-order valence-corrected chi connectivity index (χ0v) is 14.9. The van der Waals surface area contributed by atoms with Crippen molar-refractivity contribution < 1.29 is 14.7 Å². The van der Waals surface area contributed by atoms with Gasteiger partial charge in [-0.3, -0.25) is 4.79 Å². The molecule has 0 aliphatic rings. The highest BCUT2D eigenvalue weighted by molar-refractivity contribution is 7.09. The average Bonchev–Trinajstić information content (AvgIpc) is 3.00. The molecule has 0 aliphatic carbocycles. The number of carboxylic acids is 1. The van der Waals surface area contributed by atoms with Crippen molar-refractivity contribution in [2.45, 2.75) is 45.6 Å². The van der Waals surface area contributed by atoms with E-state index >= 15 is 0 Å². The van der Waals surface area contributed by atoms with Gasteiger partial charge in [-0.25, -0.2) is 9.78 Å². The second-order valence-electron chi connectivity index (χ2n) is 5.99. The Morgan fingerprint density at radius 1 is 1.33 bits per heavy atom. The summed E-state index contributed by atoms with van der Waals surface area (Å²) in [6.45, 7) is 5.91. The van der Waals surface area contributed by atoms with Gasteiger partial charge in [-0.05, 0) is 38.3 Å². The second-order valence-corrected chi connectivity index (χ2v) is 6.85. The van der Waals surface area contributed by atoms with Crippen LogP contribution in [0.2, 0.25) is 0 Å². The zero-order valence-electron chi connectivity index (χ0n) is 14.1. The fourth-order valence-corrected chi connectivity index (χ4v) is 3.45. The van der Waals surface area contributed by atoms with Crippen molar-refractivity contribution in [1.82, 2.24) is 10.3 Å². The number of carbonyl (C=O) groups excluding carboxylic acids is 1. The molecule has 1 amide bonds. The monoisotopic (exact) mass is 346 g/mol. The first-order chi connectivity index (χ1) is 11.4. The van der Waals surface area contributed by atoms with Gasteiger partial charge < -0.3 is 10.4 Å². The molecule has 1 heterocycles. The molecule has 1 aromatic carbocycles. The Bertz CT molecular complexity index is 741. The molecule has 1 atom stereocenters. The van der Waals surface area contributed by atoms with Gasteiger partial charge in [0.15, 0.2) is 0 Å². The highest BCUT2D eigenvalue weighted by Gasteiger charge is 2.29. The highest BCUT2D eigenvalue weighted by Crippen LogP contribution is 2.27. The summed E-state index contributed by atoms with van der Waals surface area (Å²) in [6, 6.07) is 6.78. The highest BCUT2D eigenvalue weighted by atomic mass is 32.1. The van der Waals surface area contributed by atoms with Gasteiger partial charge in [0.05, 0.1) is 11.1 Å². The van der Waals surface area contributed by atoms with Gasteiger partial charge in [0, 0.05) is 17.5 Å². The summed E-state index contributed by atoms with van der Waals surface area (Å²) in [7, 11) is 0. The van der Waals surface area contributed by atoms with E-state index in [2.05, 4.69) is 10.3 Å². The number of thiazole rings is 1. The molecule has 2 aromatic rings. The minimum atomic E-state index is -0.970. The van der Waals surface area contributed by atoms with E-state index in [1.165, 1.54) is 0 Å². The van der Waals surface area contributed by atoms with E-state index in [0.29, 0.717) is 12.0 Å². The molecule has 0 spiro atoms. The first-order valence-electron chi connectivity index (χ1n) is 7.90. The third-order valence-corrected chi connectivity index (χ3v) is 5.31. The number of rotatable bonds is 7. The number of aromatic carboxylic acids is 1. The molecule has 1 aromatic heterocycles. The number of hydrogen-bond acceptors (Lipinski definition) is 4. The Labute approximate surface area is 145 Å². The molecule has 0 fully saturated rings. The van der Waals surface area contributed by atoms with Crippen molar-refractivity contribution in [3.63, 3.8) is 0 Å². The Balaban J connectivity index is 2.04. The lowest BCUT2D eigenvalue weighted by atomic mass is 9.98. The summed E-state index contributed by atoms with van der Waals surface area (Å²) >= 11 is 1.54. The van der Waals surface area contributed by atoms with Crippen LogP contribution >= 0.6 is 11.3 Å². The number of aryl methyl sites for hydroxylation is 2. The van der Waals surface area contributed by atoms with Crippen molar-refractivity contribution in [1.29, 1.82) is 0 Å². The third-order valence-electron chi connectivity index (χ3n) is 4.08. The van der Waals surface area contributed by atoms with Crippen molar-refractivity contribution in [2.24, 2.45) is 0 Å². The SMILES string of the molecule is CCC(C)(NC(=O)CCc1ccccc1C(=O)O)c1nc(C)cs1. The largest absolute Gasteiger partial charge is 0.478 e.